The van der Waals surface area contributed by atoms with Crippen molar-refractivity contribution in [2.45, 2.75) is 0 Å². The number of benzene rings is 1. The van der Waals surface area contributed by atoms with Crippen LogP contribution in [0.1, 0.15) is 11.1 Å². The number of hydrogen-bond donors (Lipinski definition) is 0. The molecule has 1 aliphatic carbocycles. The zero-order valence-electron chi connectivity index (χ0n) is 7.37. The van der Waals surface area contributed by atoms with E-state index in [-0.39, 0.29) is 0 Å². The fourth-order valence-electron chi connectivity index (χ4n) is 1.36. The van der Waals surface area contributed by atoms with E-state index in [4.69, 9.17) is 0 Å². The molecule has 0 atom stereocenters. The van der Waals surface area contributed by atoms with E-state index in [1.54, 1.807) is 0 Å². The maximum Gasteiger partial charge on any atom is 0.0254 e. The Hall–Kier alpha value is -0.600. The van der Waals surface area contributed by atoms with Gasteiger partial charge in [-0.1, -0.05) is 68.3 Å². The summed E-state index contributed by atoms with van der Waals surface area (Å²) in [6, 6.07) is 8.29. The molecule has 0 saturated carbocycles. The molecule has 14 heavy (non-hydrogen) atoms. The summed E-state index contributed by atoms with van der Waals surface area (Å²) in [5, 5.41) is 0. The number of fused-ring (bicyclic) bond motifs is 1. The highest BCUT2D eigenvalue weighted by molar-refractivity contribution is 9.15. The quantitative estimate of drug-likeness (QED) is 0.650. The molecule has 0 heterocycles. The Kier molecular flexibility index (Phi) is 3.04. The van der Waals surface area contributed by atoms with Gasteiger partial charge in [-0.05, 0) is 23.3 Å². The summed E-state index contributed by atoms with van der Waals surface area (Å²) < 4.78 is 2.21. The molecule has 1 aromatic carbocycles. The van der Waals surface area contributed by atoms with Gasteiger partial charge in [-0.2, -0.15) is 0 Å². The smallest absolute Gasteiger partial charge is 0.0254 e. The summed E-state index contributed by atoms with van der Waals surface area (Å²) in [6.45, 7) is 0. The molecule has 0 N–H and O–H groups in total. The second-order valence-electron chi connectivity index (χ2n) is 2.96. The van der Waals surface area contributed by atoms with Gasteiger partial charge in [-0.3, -0.25) is 0 Å². The third kappa shape index (κ3) is 1.91. The molecule has 70 valence electrons. The third-order valence-electron chi connectivity index (χ3n) is 2.04. The average molecular weight is 312 g/mol. The standard InChI is InChI=1S/C12H8Br2/c13-11-7-3-4-8-12(14)10-6-2-1-5-9(10)11/h1-8H. The topological polar surface area (TPSA) is 0 Å². The first-order valence-electron chi connectivity index (χ1n) is 4.28. The van der Waals surface area contributed by atoms with Gasteiger partial charge in [0.25, 0.3) is 0 Å². The van der Waals surface area contributed by atoms with Crippen LogP contribution >= 0.6 is 31.9 Å². The Balaban J connectivity index is 2.67. The van der Waals surface area contributed by atoms with E-state index >= 15 is 0 Å². The van der Waals surface area contributed by atoms with Crippen LogP contribution in [-0.4, -0.2) is 0 Å². The normalized spacial score (nSPS) is 15.0. The summed E-state index contributed by atoms with van der Waals surface area (Å²) in [6.07, 6.45) is 8.13. The molecule has 1 aromatic rings. The van der Waals surface area contributed by atoms with E-state index in [0.29, 0.717) is 0 Å². The van der Waals surface area contributed by atoms with Gasteiger partial charge in [0.05, 0.1) is 0 Å². The molecule has 0 radical (unpaired) electrons. The minimum Gasteiger partial charge on any atom is -0.0616 e. The van der Waals surface area contributed by atoms with Crippen LogP contribution in [0, 0.1) is 0 Å². The molecule has 2 heteroatoms. The Morgan fingerprint density at radius 3 is 1.57 bits per heavy atom. The zero-order valence-corrected chi connectivity index (χ0v) is 10.5. The minimum absolute atomic E-state index is 1.11. The van der Waals surface area contributed by atoms with Crippen LogP contribution in [0.2, 0.25) is 0 Å². The van der Waals surface area contributed by atoms with Crippen molar-refractivity contribution in [3.05, 3.63) is 59.7 Å². The molecule has 0 aliphatic heterocycles. The van der Waals surface area contributed by atoms with Gasteiger partial charge in [0.1, 0.15) is 0 Å². The number of hydrogen-bond acceptors (Lipinski definition) is 0. The maximum atomic E-state index is 3.56. The largest absolute Gasteiger partial charge is 0.0616 e. The first kappa shape index (κ1) is 9.94. The second-order valence-corrected chi connectivity index (χ2v) is 4.67. The number of rotatable bonds is 0. The highest BCUT2D eigenvalue weighted by atomic mass is 79.9. The summed E-state index contributed by atoms with van der Waals surface area (Å²) in [7, 11) is 0. The molecule has 0 fully saturated rings. The molecule has 0 amide bonds. The SMILES string of the molecule is BrC1=CC=CC=C(Br)c2ccccc21. The van der Waals surface area contributed by atoms with Gasteiger partial charge in [0.2, 0.25) is 0 Å². The third-order valence-corrected chi connectivity index (χ3v) is 3.42. The van der Waals surface area contributed by atoms with Gasteiger partial charge in [0.15, 0.2) is 0 Å². The van der Waals surface area contributed by atoms with Crippen LogP contribution in [0.25, 0.3) is 8.96 Å². The van der Waals surface area contributed by atoms with Gasteiger partial charge in [0, 0.05) is 8.96 Å². The van der Waals surface area contributed by atoms with Crippen LogP contribution < -0.4 is 0 Å². The van der Waals surface area contributed by atoms with Crippen LogP contribution in [-0.2, 0) is 0 Å². The Morgan fingerprint density at radius 1 is 0.714 bits per heavy atom. The first-order valence-corrected chi connectivity index (χ1v) is 5.87. The summed E-state index contributed by atoms with van der Waals surface area (Å²) >= 11 is 7.12. The van der Waals surface area contributed by atoms with Crippen LogP contribution in [0.4, 0.5) is 0 Å². The molecule has 1 aliphatic rings. The molecule has 0 unspecified atom stereocenters. The highest BCUT2D eigenvalue weighted by Gasteiger charge is 2.07. The molecule has 0 nitrogen and oxygen atoms in total. The predicted molar refractivity (Wildman–Crippen MR) is 69.4 cm³/mol. The number of allylic oxidation sites excluding steroid dienone is 4. The fraction of sp³-hybridized carbons (Fsp3) is 0. The predicted octanol–water partition coefficient (Wildman–Crippen LogP) is 4.73. The van der Waals surface area contributed by atoms with Crippen LogP contribution in [0.5, 0.6) is 0 Å². The van der Waals surface area contributed by atoms with Crippen LogP contribution in [0.15, 0.2) is 48.6 Å². The van der Waals surface area contributed by atoms with Crippen molar-refractivity contribution in [2.75, 3.05) is 0 Å². The Bertz CT molecular complexity index is 398. The van der Waals surface area contributed by atoms with Crippen molar-refractivity contribution in [1.29, 1.82) is 0 Å². The van der Waals surface area contributed by atoms with E-state index in [1.807, 2.05) is 24.3 Å². The average Bonchev–Trinajstić information content (AvgIpc) is 2.22. The van der Waals surface area contributed by atoms with E-state index in [0.717, 1.165) is 8.96 Å². The molecule has 0 bridgehead atoms. The Labute approximate surface area is 100 Å². The van der Waals surface area contributed by atoms with E-state index < -0.39 is 0 Å². The molecular weight excluding hydrogens is 304 g/mol. The minimum atomic E-state index is 1.11. The fourth-order valence-corrected chi connectivity index (χ4v) is 2.36. The zero-order chi connectivity index (χ0) is 9.97. The summed E-state index contributed by atoms with van der Waals surface area (Å²) in [5.41, 5.74) is 2.42. The molecule has 2 rings (SSSR count). The van der Waals surface area contributed by atoms with E-state index in [1.165, 1.54) is 11.1 Å². The summed E-state index contributed by atoms with van der Waals surface area (Å²) in [5.74, 6) is 0. The Morgan fingerprint density at radius 2 is 1.14 bits per heavy atom. The van der Waals surface area contributed by atoms with Crippen molar-refractivity contribution < 1.29 is 0 Å². The lowest BCUT2D eigenvalue weighted by atomic mass is 10.1. The first-order chi connectivity index (χ1) is 6.79. The number of halogens is 2. The van der Waals surface area contributed by atoms with Crippen molar-refractivity contribution in [3.63, 3.8) is 0 Å². The molecule has 0 spiro atoms. The van der Waals surface area contributed by atoms with Crippen molar-refractivity contribution in [2.24, 2.45) is 0 Å². The second kappa shape index (κ2) is 4.28. The van der Waals surface area contributed by atoms with E-state index in [9.17, 15) is 0 Å². The lowest BCUT2D eigenvalue weighted by Gasteiger charge is -2.08. The molecule has 0 saturated heterocycles. The lowest BCUT2D eigenvalue weighted by molar-refractivity contribution is 1.59. The molecular formula is C12H8Br2. The maximum absolute atomic E-state index is 3.56. The monoisotopic (exact) mass is 310 g/mol. The lowest BCUT2D eigenvalue weighted by Crippen LogP contribution is -1.86. The van der Waals surface area contributed by atoms with Gasteiger partial charge < -0.3 is 0 Å². The molecule has 0 aromatic heterocycles. The summed E-state index contributed by atoms with van der Waals surface area (Å²) in [4.78, 5) is 0. The van der Waals surface area contributed by atoms with Gasteiger partial charge >= 0.3 is 0 Å². The highest BCUT2D eigenvalue weighted by Crippen LogP contribution is 2.33. The van der Waals surface area contributed by atoms with Gasteiger partial charge in [-0.25, -0.2) is 0 Å². The van der Waals surface area contributed by atoms with Crippen molar-refractivity contribution in [1.82, 2.24) is 0 Å². The van der Waals surface area contributed by atoms with Crippen molar-refractivity contribution >= 4 is 40.8 Å². The van der Waals surface area contributed by atoms with Crippen LogP contribution in [0.3, 0.4) is 0 Å². The van der Waals surface area contributed by atoms with E-state index in [2.05, 4.69) is 56.1 Å². The van der Waals surface area contributed by atoms with Crippen molar-refractivity contribution in [3.8, 4) is 0 Å². The van der Waals surface area contributed by atoms with Gasteiger partial charge in [-0.15, -0.1) is 0 Å².